The fourth-order valence-electron chi connectivity index (χ4n) is 2.87. The van der Waals surface area contributed by atoms with Crippen molar-refractivity contribution in [3.05, 3.63) is 29.6 Å². The largest absolute Gasteiger partial charge is 0.468 e. The van der Waals surface area contributed by atoms with Crippen molar-refractivity contribution < 1.29 is 9.13 Å². The van der Waals surface area contributed by atoms with Crippen LogP contribution in [0.2, 0.25) is 0 Å². The molecule has 18 heavy (non-hydrogen) atoms. The zero-order chi connectivity index (χ0) is 12.9. The summed E-state index contributed by atoms with van der Waals surface area (Å²) in [4.78, 5) is 2.03. The van der Waals surface area contributed by atoms with Gasteiger partial charge in [0.25, 0.3) is 0 Å². The zero-order valence-electron chi connectivity index (χ0n) is 10.4. The molecule has 2 aliphatic heterocycles. The molecule has 0 aliphatic carbocycles. The second kappa shape index (κ2) is 3.82. The molecule has 0 unspecified atom stereocenters. The maximum absolute atomic E-state index is 13.3. The van der Waals surface area contributed by atoms with Crippen molar-refractivity contribution in [2.75, 3.05) is 6.54 Å². The summed E-state index contributed by atoms with van der Waals surface area (Å²) in [5.41, 5.74) is 0.414. The van der Waals surface area contributed by atoms with Crippen LogP contribution in [0.1, 0.15) is 31.9 Å². The minimum atomic E-state index is -0.438. The lowest BCUT2D eigenvalue weighted by Crippen LogP contribution is -2.64. The number of nitrogens with one attached hydrogen (secondary N) is 1. The van der Waals surface area contributed by atoms with Gasteiger partial charge in [-0.3, -0.25) is 0 Å². The summed E-state index contributed by atoms with van der Waals surface area (Å²) in [6.45, 7) is 4.86. The van der Waals surface area contributed by atoms with Gasteiger partial charge < -0.3 is 15.0 Å². The third kappa shape index (κ3) is 1.57. The second-order valence-electron chi connectivity index (χ2n) is 4.91. The number of hydrogen-bond donors (Lipinski definition) is 1. The van der Waals surface area contributed by atoms with E-state index in [1.165, 1.54) is 12.1 Å². The highest BCUT2D eigenvalue weighted by atomic mass is 32.1. The van der Waals surface area contributed by atoms with E-state index in [0.717, 1.165) is 24.3 Å². The Bertz CT molecular complexity index is 522. The molecule has 1 aromatic carbocycles. The van der Waals surface area contributed by atoms with E-state index >= 15 is 0 Å². The molecular weight excluding hydrogens is 251 g/mol. The van der Waals surface area contributed by atoms with E-state index in [1.807, 2.05) is 18.7 Å². The second-order valence-corrected chi connectivity index (χ2v) is 5.30. The molecule has 3 nitrogen and oxygen atoms in total. The summed E-state index contributed by atoms with van der Waals surface area (Å²) in [6, 6.07) is 4.68. The van der Waals surface area contributed by atoms with Gasteiger partial charge in [-0.1, -0.05) is 0 Å². The quantitative estimate of drug-likeness (QED) is 0.790. The lowest BCUT2D eigenvalue weighted by atomic mass is 9.90. The third-order valence-corrected chi connectivity index (χ3v) is 4.03. The summed E-state index contributed by atoms with van der Waals surface area (Å²) in [7, 11) is 0. The van der Waals surface area contributed by atoms with Crippen molar-refractivity contribution in [2.45, 2.75) is 32.0 Å². The first-order chi connectivity index (χ1) is 8.53. The molecule has 96 valence electrons. The van der Waals surface area contributed by atoms with Crippen LogP contribution in [0.4, 0.5) is 4.39 Å². The van der Waals surface area contributed by atoms with Gasteiger partial charge in [0, 0.05) is 18.5 Å². The molecule has 1 fully saturated rings. The van der Waals surface area contributed by atoms with Gasteiger partial charge in [-0.15, -0.1) is 0 Å². The van der Waals surface area contributed by atoms with Crippen LogP contribution < -0.4 is 10.1 Å². The van der Waals surface area contributed by atoms with Crippen molar-refractivity contribution >= 4 is 17.3 Å². The number of halogens is 1. The van der Waals surface area contributed by atoms with E-state index in [2.05, 4.69) is 5.32 Å². The monoisotopic (exact) mass is 266 g/mol. The van der Waals surface area contributed by atoms with E-state index in [-0.39, 0.29) is 11.9 Å². The summed E-state index contributed by atoms with van der Waals surface area (Å²) in [5.74, 6) is 0.496. The molecule has 3 rings (SSSR count). The van der Waals surface area contributed by atoms with Crippen LogP contribution in [0.5, 0.6) is 5.75 Å². The number of nitrogens with zero attached hydrogens (tertiary/aromatic N) is 1. The number of hydrogen-bond acceptors (Lipinski definition) is 2. The Hall–Kier alpha value is -1.36. The Morgan fingerprint density at radius 3 is 3.11 bits per heavy atom. The van der Waals surface area contributed by atoms with Gasteiger partial charge in [-0.2, -0.15) is 0 Å². The number of fused-ring (bicyclic) bond motifs is 4. The van der Waals surface area contributed by atoms with Gasteiger partial charge in [0.1, 0.15) is 11.6 Å². The molecule has 1 N–H and O–H groups in total. The molecule has 0 amide bonds. The Balaban J connectivity index is 2.08. The molecule has 2 atom stereocenters. The van der Waals surface area contributed by atoms with Crippen LogP contribution in [-0.4, -0.2) is 22.3 Å². The van der Waals surface area contributed by atoms with Gasteiger partial charge in [-0.25, -0.2) is 4.39 Å². The molecule has 2 aliphatic rings. The Kier molecular flexibility index (Phi) is 2.48. The highest BCUT2D eigenvalue weighted by molar-refractivity contribution is 7.80. The van der Waals surface area contributed by atoms with Crippen LogP contribution in [0.25, 0.3) is 0 Å². The summed E-state index contributed by atoms with van der Waals surface area (Å²) in [6.07, 6.45) is 0.761. The smallest absolute Gasteiger partial charge is 0.184 e. The van der Waals surface area contributed by atoms with Crippen molar-refractivity contribution in [1.29, 1.82) is 0 Å². The number of ether oxygens (including phenoxy) is 1. The van der Waals surface area contributed by atoms with Crippen molar-refractivity contribution in [1.82, 2.24) is 10.2 Å². The first-order valence-electron chi connectivity index (χ1n) is 6.10. The Morgan fingerprint density at radius 1 is 1.61 bits per heavy atom. The summed E-state index contributed by atoms with van der Waals surface area (Å²) < 4.78 is 19.4. The van der Waals surface area contributed by atoms with Crippen LogP contribution >= 0.6 is 12.2 Å². The fraction of sp³-hybridized carbons (Fsp3) is 0.462. The summed E-state index contributed by atoms with van der Waals surface area (Å²) >= 11 is 5.36. The first-order valence-corrected chi connectivity index (χ1v) is 6.51. The zero-order valence-corrected chi connectivity index (χ0v) is 11.2. The number of benzene rings is 1. The van der Waals surface area contributed by atoms with E-state index < -0.39 is 5.72 Å². The van der Waals surface area contributed by atoms with Crippen LogP contribution in [0.15, 0.2) is 18.2 Å². The van der Waals surface area contributed by atoms with Crippen molar-refractivity contribution in [3.8, 4) is 5.75 Å². The number of thiocarbonyl (C=S) groups is 1. The van der Waals surface area contributed by atoms with Gasteiger partial charge >= 0.3 is 0 Å². The van der Waals surface area contributed by atoms with E-state index in [1.54, 1.807) is 6.07 Å². The predicted molar refractivity (Wildman–Crippen MR) is 70.9 cm³/mol. The minimum Gasteiger partial charge on any atom is -0.468 e. The molecule has 5 heteroatoms. The molecule has 0 spiro atoms. The minimum absolute atomic E-state index is 0.0322. The maximum atomic E-state index is 13.3. The van der Waals surface area contributed by atoms with E-state index in [0.29, 0.717) is 5.11 Å². The van der Waals surface area contributed by atoms with Crippen LogP contribution in [0.3, 0.4) is 0 Å². The molecule has 1 saturated heterocycles. The average Bonchev–Trinajstić information content (AvgIpc) is 2.30. The predicted octanol–water partition coefficient (Wildman–Crippen LogP) is 2.58. The Labute approximate surface area is 111 Å². The molecule has 2 heterocycles. The standard InChI is InChI=1S/C13H15FN2OS/c1-3-16-12(18)15-10-7-13(16,2)17-11-5-4-8(14)6-9(10)11/h4-6,10H,3,7H2,1-2H3,(H,15,18)/t10-,13-/m0/s1. The topological polar surface area (TPSA) is 24.5 Å². The first kappa shape index (κ1) is 11.7. The molecule has 0 aromatic heterocycles. The van der Waals surface area contributed by atoms with Crippen molar-refractivity contribution in [3.63, 3.8) is 0 Å². The van der Waals surface area contributed by atoms with Crippen LogP contribution in [0, 0.1) is 5.82 Å². The molecule has 0 radical (unpaired) electrons. The van der Waals surface area contributed by atoms with E-state index in [9.17, 15) is 4.39 Å². The van der Waals surface area contributed by atoms with E-state index in [4.69, 9.17) is 17.0 Å². The lowest BCUT2D eigenvalue weighted by Gasteiger charge is -2.52. The van der Waals surface area contributed by atoms with Gasteiger partial charge in [0.2, 0.25) is 0 Å². The normalized spacial score (nSPS) is 29.4. The van der Waals surface area contributed by atoms with Crippen LogP contribution in [-0.2, 0) is 0 Å². The highest BCUT2D eigenvalue weighted by Gasteiger charge is 2.46. The fourth-order valence-corrected chi connectivity index (χ4v) is 3.33. The van der Waals surface area contributed by atoms with Gasteiger partial charge in [0.15, 0.2) is 10.8 Å². The SMILES string of the molecule is CCN1C(=S)N[C@H]2C[C@]1(C)Oc1ccc(F)cc12. The molecule has 2 bridgehead atoms. The molecule has 1 aromatic rings. The maximum Gasteiger partial charge on any atom is 0.184 e. The molecular formula is C13H15FN2OS. The highest BCUT2D eigenvalue weighted by Crippen LogP contribution is 2.43. The lowest BCUT2D eigenvalue weighted by molar-refractivity contribution is -0.0659. The third-order valence-electron chi connectivity index (χ3n) is 3.69. The summed E-state index contributed by atoms with van der Waals surface area (Å²) in [5, 5.41) is 3.94. The van der Waals surface area contributed by atoms with Gasteiger partial charge in [0.05, 0.1) is 6.04 Å². The van der Waals surface area contributed by atoms with Crippen molar-refractivity contribution in [2.24, 2.45) is 0 Å². The Morgan fingerprint density at radius 2 is 2.39 bits per heavy atom. The molecule has 0 saturated carbocycles. The average molecular weight is 266 g/mol. The number of rotatable bonds is 1. The van der Waals surface area contributed by atoms with Gasteiger partial charge in [-0.05, 0) is 44.3 Å².